The molecule has 0 aromatic heterocycles. The Hall–Kier alpha value is -0.130. The molecule has 0 atom stereocenters. The van der Waals surface area contributed by atoms with Gasteiger partial charge in [-0.2, -0.15) is 11.8 Å². The minimum Gasteiger partial charge on any atom is -0.305 e. The smallest absolute Gasteiger partial charge is 0.0576 e. The van der Waals surface area contributed by atoms with E-state index in [0.717, 1.165) is 13.1 Å². The largest absolute Gasteiger partial charge is 0.305 e. The second-order valence-electron chi connectivity index (χ2n) is 3.98. The fourth-order valence-corrected chi connectivity index (χ4v) is 3.03. The van der Waals surface area contributed by atoms with E-state index in [1.165, 1.54) is 32.1 Å². The Morgan fingerprint density at radius 1 is 1.29 bits per heavy atom. The molecule has 14 heavy (non-hydrogen) atoms. The van der Waals surface area contributed by atoms with Gasteiger partial charge in [0.2, 0.25) is 0 Å². The Balaban J connectivity index is 2.31. The third kappa shape index (κ3) is 3.55. The van der Waals surface area contributed by atoms with E-state index in [2.05, 4.69) is 23.4 Å². The van der Waals surface area contributed by atoms with E-state index in [1.54, 1.807) is 0 Å². The van der Waals surface area contributed by atoms with Crippen LogP contribution in [0.4, 0.5) is 0 Å². The zero-order chi connectivity index (χ0) is 10.3. The Bertz CT molecular complexity index is 208. The van der Waals surface area contributed by atoms with Gasteiger partial charge in [0.05, 0.1) is 6.54 Å². The second-order valence-corrected chi connectivity index (χ2v) is 5.25. The Kier molecular flexibility index (Phi) is 5.44. The Morgan fingerprint density at radius 3 is 2.57 bits per heavy atom. The highest BCUT2D eigenvalue weighted by atomic mass is 32.2. The van der Waals surface area contributed by atoms with Crippen molar-refractivity contribution >= 4 is 11.8 Å². The molecule has 1 saturated carbocycles. The molecule has 0 aromatic carbocycles. The van der Waals surface area contributed by atoms with Crippen LogP contribution in [0.2, 0.25) is 0 Å². The first kappa shape index (κ1) is 11.9. The number of thioether (sulfide) groups is 1. The number of nitrogens with one attached hydrogen (secondary N) is 1. The average Bonchev–Trinajstić information content (AvgIpc) is 2.26. The lowest BCUT2D eigenvalue weighted by Crippen LogP contribution is -2.39. The second kappa shape index (κ2) is 6.37. The third-order valence-corrected chi connectivity index (χ3v) is 4.45. The van der Waals surface area contributed by atoms with Crippen molar-refractivity contribution in [3.8, 4) is 11.8 Å². The summed E-state index contributed by atoms with van der Waals surface area (Å²) in [6, 6.07) is 0. The van der Waals surface area contributed by atoms with E-state index in [-0.39, 0.29) is 0 Å². The van der Waals surface area contributed by atoms with Crippen molar-refractivity contribution < 1.29 is 0 Å². The molecule has 1 nitrogen and oxygen atoms in total. The predicted octanol–water partition coefficient (Wildman–Crippen LogP) is 2.67. The van der Waals surface area contributed by atoms with E-state index in [9.17, 15) is 0 Å². The molecule has 0 bridgehead atoms. The van der Waals surface area contributed by atoms with Crippen molar-refractivity contribution in [3.63, 3.8) is 0 Å². The van der Waals surface area contributed by atoms with Crippen LogP contribution < -0.4 is 5.32 Å². The molecule has 0 radical (unpaired) electrons. The van der Waals surface area contributed by atoms with Crippen LogP contribution in [0.25, 0.3) is 0 Å². The molecule has 0 amide bonds. The molecule has 0 aromatic rings. The van der Waals surface area contributed by atoms with Crippen LogP contribution in [0.3, 0.4) is 0 Å². The molecule has 0 unspecified atom stereocenters. The van der Waals surface area contributed by atoms with Gasteiger partial charge in [0.25, 0.3) is 0 Å². The van der Waals surface area contributed by atoms with Crippen molar-refractivity contribution in [2.45, 2.75) is 43.8 Å². The van der Waals surface area contributed by atoms with Gasteiger partial charge in [-0.15, -0.1) is 5.92 Å². The molecular formula is C12H21NS. The normalized spacial score (nSPS) is 19.9. The summed E-state index contributed by atoms with van der Waals surface area (Å²) in [5.74, 6) is 5.98. The summed E-state index contributed by atoms with van der Waals surface area (Å²) in [6.07, 6.45) is 9.24. The summed E-state index contributed by atoms with van der Waals surface area (Å²) in [6.45, 7) is 3.87. The van der Waals surface area contributed by atoms with Crippen LogP contribution in [-0.4, -0.2) is 24.1 Å². The minimum atomic E-state index is 0.508. The minimum absolute atomic E-state index is 0.508. The van der Waals surface area contributed by atoms with Gasteiger partial charge in [0.15, 0.2) is 0 Å². The summed E-state index contributed by atoms with van der Waals surface area (Å²) in [5.41, 5.74) is 0. The molecular weight excluding hydrogens is 190 g/mol. The molecule has 0 heterocycles. The Labute approximate surface area is 92.4 Å². The van der Waals surface area contributed by atoms with Crippen LogP contribution >= 0.6 is 11.8 Å². The van der Waals surface area contributed by atoms with Gasteiger partial charge in [-0.05, 0) is 26.0 Å². The summed E-state index contributed by atoms with van der Waals surface area (Å²) in [4.78, 5) is 0. The lowest BCUT2D eigenvalue weighted by atomic mass is 9.88. The first-order valence-corrected chi connectivity index (χ1v) is 6.71. The molecule has 0 saturated heterocycles. The molecule has 1 aliphatic rings. The highest BCUT2D eigenvalue weighted by Gasteiger charge is 2.30. The molecule has 1 fully saturated rings. The van der Waals surface area contributed by atoms with Crippen LogP contribution in [0.5, 0.6) is 0 Å². The molecule has 0 spiro atoms. The highest BCUT2D eigenvalue weighted by molar-refractivity contribution is 8.00. The standard InChI is InChI=1S/C12H21NS/c1-3-4-10-13-11-12(14-2)8-6-5-7-9-12/h13H,5-11H2,1-2H3. The predicted molar refractivity (Wildman–Crippen MR) is 65.7 cm³/mol. The summed E-state index contributed by atoms with van der Waals surface area (Å²) >= 11 is 2.04. The summed E-state index contributed by atoms with van der Waals surface area (Å²) in [5, 5.41) is 3.45. The lowest BCUT2D eigenvalue weighted by Gasteiger charge is -2.35. The molecule has 1 rings (SSSR count). The van der Waals surface area contributed by atoms with Crippen molar-refractivity contribution in [3.05, 3.63) is 0 Å². The average molecular weight is 211 g/mol. The topological polar surface area (TPSA) is 12.0 Å². The van der Waals surface area contributed by atoms with Gasteiger partial charge in [0, 0.05) is 11.3 Å². The van der Waals surface area contributed by atoms with Gasteiger partial charge < -0.3 is 5.32 Å². The fourth-order valence-electron chi connectivity index (χ4n) is 2.09. The van der Waals surface area contributed by atoms with Gasteiger partial charge >= 0.3 is 0 Å². The van der Waals surface area contributed by atoms with Crippen molar-refractivity contribution in [2.24, 2.45) is 0 Å². The maximum atomic E-state index is 3.45. The Morgan fingerprint density at radius 2 is 2.00 bits per heavy atom. The van der Waals surface area contributed by atoms with Crippen molar-refractivity contribution in [2.75, 3.05) is 19.3 Å². The maximum absolute atomic E-state index is 3.45. The lowest BCUT2D eigenvalue weighted by molar-refractivity contribution is 0.385. The fraction of sp³-hybridized carbons (Fsp3) is 0.833. The van der Waals surface area contributed by atoms with E-state index in [4.69, 9.17) is 0 Å². The highest BCUT2D eigenvalue weighted by Crippen LogP contribution is 2.37. The molecule has 1 aliphatic carbocycles. The zero-order valence-corrected chi connectivity index (χ0v) is 10.2. The van der Waals surface area contributed by atoms with Crippen molar-refractivity contribution in [1.82, 2.24) is 5.32 Å². The van der Waals surface area contributed by atoms with Gasteiger partial charge in [-0.1, -0.05) is 25.2 Å². The monoisotopic (exact) mass is 211 g/mol. The first-order valence-electron chi connectivity index (χ1n) is 5.48. The number of rotatable bonds is 4. The molecule has 1 N–H and O–H groups in total. The first-order chi connectivity index (χ1) is 6.83. The molecule has 80 valence electrons. The van der Waals surface area contributed by atoms with E-state index in [1.807, 2.05) is 18.7 Å². The molecule has 2 heteroatoms. The number of hydrogen-bond acceptors (Lipinski definition) is 2. The van der Waals surface area contributed by atoms with Gasteiger partial charge in [-0.25, -0.2) is 0 Å². The van der Waals surface area contributed by atoms with Crippen LogP contribution in [0, 0.1) is 11.8 Å². The van der Waals surface area contributed by atoms with E-state index in [0.29, 0.717) is 4.75 Å². The van der Waals surface area contributed by atoms with Crippen molar-refractivity contribution in [1.29, 1.82) is 0 Å². The van der Waals surface area contributed by atoms with E-state index >= 15 is 0 Å². The quantitative estimate of drug-likeness (QED) is 0.567. The summed E-state index contributed by atoms with van der Waals surface area (Å²) in [7, 11) is 0. The summed E-state index contributed by atoms with van der Waals surface area (Å²) < 4.78 is 0.508. The van der Waals surface area contributed by atoms with E-state index < -0.39 is 0 Å². The maximum Gasteiger partial charge on any atom is 0.0576 e. The van der Waals surface area contributed by atoms with Crippen LogP contribution in [0.1, 0.15) is 39.0 Å². The van der Waals surface area contributed by atoms with Crippen LogP contribution in [0.15, 0.2) is 0 Å². The zero-order valence-electron chi connectivity index (χ0n) is 9.36. The number of hydrogen-bond donors (Lipinski definition) is 1. The van der Waals surface area contributed by atoms with Crippen LogP contribution in [-0.2, 0) is 0 Å². The molecule has 0 aliphatic heterocycles. The van der Waals surface area contributed by atoms with Gasteiger partial charge in [0.1, 0.15) is 0 Å². The van der Waals surface area contributed by atoms with Gasteiger partial charge in [-0.3, -0.25) is 0 Å². The third-order valence-electron chi connectivity index (χ3n) is 3.04. The SMILES string of the molecule is CC#CCNCC1(SC)CCCCC1.